The van der Waals surface area contributed by atoms with Gasteiger partial charge in [-0.05, 0) is 69.2 Å². The first-order valence-corrected chi connectivity index (χ1v) is 14.3. The number of esters is 1. The highest BCUT2D eigenvalue weighted by Crippen LogP contribution is 2.36. The van der Waals surface area contributed by atoms with Gasteiger partial charge in [0.25, 0.3) is 11.2 Å². The highest BCUT2D eigenvalue weighted by atomic mass is 32.1. The van der Waals surface area contributed by atoms with E-state index in [0.717, 1.165) is 16.9 Å². The number of ether oxygens (including phenoxy) is 3. The predicted molar refractivity (Wildman–Crippen MR) is 160 cm³/mol. The molecule has 0 saturated heterocycles. The minimum absolute atomic E-state index is 0.0758. The lowest BCUT2D eigenvalue weighted by Gasteiger charge is -2.25. The van der Waals surface area contributed by atoms with E-state index in [0.29, 0.717) is 55.8 Å². The van der Waals surface area contributed by atoms with Crippen LogP contribution < -0.4 is 24.4 Å². The van der Waals surface area contributed by atoms with Crippen molar-refractivity contribution >= 4 is 29.1 Å². The average molecular weight is 604 g/mol. The summed E-state index contributed by atoms with van der Waals surface area (Å²) >= 11 is 1.14. The smallest absolute Gasteiger partial charge is 0.338 e. The molecular weight excluding hydrogens is 574 g/mol. The highest BCUT2D eigenvalue weighted by Gasteiger charge is 2.34. The van der Waals surface area contributed by atoms with Crippen LogP contribution in [0.1, 0.15) is 43.7 Å². The summed E-state index contributed by atoms with van der Waals surface area (Å²) in [6.45, 7) is 7.58. The molecule has 1 aliphatic heterocycles. The van der Waals surface area contributed by atoms with Gasteiger partial charge in [0.15, 0.2) is 16.3 Å². The molecule has 1 aliphatic rings. The number of furan rings is 1. The van der Waals surface area contributed by atoms with E-state index >= 15 is 0 Å². The van der Waals surface area contributed by atoms with Crippen molar-refractivity contribution in [2.45, 2.75) is 33.7 Å². The Morgan fingerprint density at radius 1 is 1.12 bits per heavy atom. The largest absolute Gasteiger partial charge is 0.493 e. The number of hydrogen-bond donors (Lipinski definition) is 0. The van der Waals surface area contributed by atoms with Crippen LogP contribution in [0.5, 0.6) is 11.5 Å². The zero-order valence-electron chi connectivity index (χ0n) is 24.2. The first kappa shape index (κ1) is 29.5. The minimum atomic E-state index is -0.843. The molecule has 0 unspecified atom stereocenters. The molecule has 3 heterocycles. The van der Waals surface area contributed by atoms with E-state index in [9.17, 15) is 19.7 Å². The van der Waals surface area contributed by atoms with Gasteiger partial charge in [-0.25, -0.2) is 9.79 Å². The number of carbonyl (C=O) groups is 1. The minimum Gasteiger partial charge on any atom is -0.493 e. The first-order valence-electron chi connectivity index (χ1n) is 13.5. The number of aromatic nitrogens is 1. The van der Waals surface area contributed by atoms with E-state index in [2.05, 4.69) is 4.99 Å². The third kappa shape index (κ3) is 5.61. The molecule has 12 heteroatoms. The molecule has 0 saturated carbocycles. The molecule has 0 aliphatic carbocycles. The topological polar surface area (TPSA) is 135 Å². The van der Waals surface area contributed by atoms with Gasteiger partial charge in [-0.1, -0.05) is 23.5 Å². The number of nitro benzene ring substituents is 1. The summed E-state index contributed by atoms with van der Waals surface area (Å²) in [5.41, 5.74) is 1.89. The summed E-state index contributed by atoms with van der Waals surface area (Å²) in [4.78, 5) is 43.3. The molecular formula is C31H29N3O8S. The second-order valence-corrected chi connectivity index (χ2v) is 10.6. The Balaban J connectivity index is 1.65. The number of thiazole rings is 1. The molecule has 4 aromatic rings. The van der Waals surface area contributed by atoms with E-state index < -0.39 is 22.5 Å². The fraction of sp³-hybridized carbons (Fsp3) is 0.258. The Labute approximate surface area is 250 Å². The van der Waals surface area contributed by atoms with Crippen LogP contribution >= 0.6 is 11.3 Å². The lowest BCUT2D eigenvalue weighted by Crippen LogP contribution is -2.39. The molecule has 0 fully saturated rings. The summed E-state index contributed by atoms with van der Waals surface area (Å²) in [5.74, 6) is 1.03. The molecule has 2 aromatic heterocycles. The molecule has 1 atom stereocenters. The summed E-state index contributed by atoms with van der Waals surface area (Å²) in [6.07, 6.45) is 1.56. The summed E-state index contributed by atoms with van der Waals surface area (Å²) in [5, 5.41) is 11.6. The maximum Gasteiger partial charge on any atom is 0.338 e. The summed E-state index contributed by atoms with van der Waals surface area (Å²) in [7, 11) is 1.53. The number of nitrogens with zero attached hydrogens (tertiary/aromatic N) is 3. The summed E-state index contributed by atoms with van der Waals surface area (Å²) in [6, 6.07) is 12.5. The van der Waals surface area contributed by atoms with Crippen LogP contribution in [0.2, 0.25) is 0 Å². The van der Waals surface area contributed by atoms with E-state index in [4.69, 9.17) is 18.6 Å². The fourth-order valence-electron chi connectivity index (χ4n) is 4.94. The quantitative estimate of drug-likeness (QED) is 0.153. The standard InChI is InChI=1S/C31H29N3O8S/c1-6-40-25-15-19(9-12-24(25)39-5)28-27(30(36)41-7-2)18(4)32-31-33(28)29(35)26(43-31)16-20-10-13-23(42-20)21-11-8-17(3)14-22(21)34(37)38/h8-16,28H,6-7H2,1-5H3/b26-16-/t28-/m1/s1. The second-order valence-electron chi connectivity index (χ2n) is 9.63. The van der Waals surface area contributed by atoms with Gasteiger partial charge in [0.2, 0.25) is 0 Å². The van der Waals surface area contributed by atoms with E-state index in [1.54, 1.807) is 69.3 Å². The van der Waals surface area contributed by atoms with Crippen LogP contribution in [0, 0.1) is 17.0 Å². The first-order chi connectivity index (χ1) is 20.7. The Morgan fingerprint density at radius 3 is 2.60 bits per heavy atom. The number of carbonyl (C=O) groups excluding carboxylic acids is 1. The lowest BCUT2D eigenvalue weighted by atomic mass is 9.95. The number of methoxy groups -OCH3 is 1. The van der Waals surface area contributed by atoms with E-state index in [1.807, 2.05) is 6.92 Å². The van der Waals surface area contributed by atoms with Crippen molar-refractivity contribution in [2.75, 3.05) is 20.3 Å². The molecule has 5 rings (SSSR count). The van der Waals surface area contributed by atoms with Gasteiger partial charge in [0.05, 0.1) is 52.7 Å². The van der Waals surface area contributed by atoms with Gasteiger partial charge in [0.1, 0.15) is 11.5 Å². The molecule has 0 bridgehead atoms. The van der Waals surface area contributed by atoms with Gasteiger partial charge in [0, 0.05) is 12.1 Å². The van der Waals surface area contributed by atoms with Crippen LogP contribution in [-0.4, -0.2) is 35.8 Å². The van der Waals surface area contributed by atoms with Gasteiger partial charge >= 0.3 is 5.97 Å². The van der Waals surface area contributed by atoms with Crippen molar-refractivity contribution in [3.05, 3.63) is 106 Å². The molecule has 0 amide bonds. The SMILES string of the molecule is CCOC(=O)C1=C(C)N=c2s/c(=C\c3ccc(-c4ccc(C)cc4[N+](=O)[O-])o3)c(=O)n2[C@@H]1c1ccc(OC)c(OCC)c1. The molecule has 0 N–H and O–H groups in total. The van der Waals surface area contributed by atoms with Crippen LogP contribution in [0.15, 0.2) is 74.0 Å². The second kappa shape index (κ2) is 12.1. The monoisotopic (exact) mass is 603 g/mol. The van der Waals surface area contributed by atoms with Crippen LogP contribution in [0.25, 0.3) is 17.4 Å². The molecule has 222 valence electrons. The molecule has 0 radical (unpaired) electrons. The van der Waals surface area contributed by atoms with Crippen molar-refractivity contribution in [2.24, 2.45) is 4.99 Å². The number of benzene rings is 2. The van der Waals surface area contributed by atoms with Crippen molar-refractivity contribution in [3.8, 4) is 22.8 Å². The van der Waals surface area contributed by atoms with E-state index in [1.165, 1.54) is 17.7 Å². The maximum absolute atomic E-state index is 13.9. The highest BCUT2D eigenvalue weighted by molar-refractivity contribution is 7.07. The molecule has 0 spiro atoms. The molecule has 11 nitrogen and oxygen atoms in total. The Morgan fingerprint density at radius 2 is 1.91 bits per heavy atom. The van der Waals surface area contributed by atoms with Gasteiger partial charge in [-0.3, -0.25) is 19.5 Å². The number of rotatable bonds is 9. The third-order valence-electron chi connectivity index (χ3n) is 6.84. The lowest BCUT2D eigenvalue weighted by molar-refractivity contribution is -0.384. The van der Waals surface area contributed by atoms with Crippen molar-refractivity contribution in [1.29, 1.82) is 0 Å². The Kier molecular flexibility index (Phi) is 8.31. The summed E-state index contributed by atoms with van der Waals surface area (Å²) < 4.78 is 24.3. The normalized spacial score (nSPS) is 14.7. The van der Waals surface area contributed by atoms with Crippen LogP contribution in [-0.2, 0) is 9.53 Å². The predicted octanol–water partition coefficient (Wildman–Crippen LogP) is 4.68. The fourth-order valence-corrected chi connectivity index (χ4v) is 5.97. The van der Waals surface area contributed by atoms with Gasteiger partial charge in [-0.2, -0.15) is 0 Å². The van der Waals surface area contributed by atoms with Crippen molar-refractivity contribution < 1.29 is 28.3 Å². The molecule has 2 aromatic carbocycles. The average Bonchev–Trinajstić information content (AvgIpc) is 3.56. The van der Waals surface area contributed by atoms with Crippen LogP contribution in [0.4, 0.5) is 5.69 Å². The van der Waals surface area contributed by atoms with Crippen molar-refractivity contribution in [3.63, 3.8) is 0 Å². The Hall–Kier alpha value is -4.97. The zero-order chi connectivity index (χ0) is 30.8. The number of fused-ring (bicyclic) bond motifs is 1. The Bertz CT molecular complexity index is 1950. The number of hydrogen-bond acceptors (Lipinski definition) is 10. The van der Waals surface area contributed by atoms with Gasteiger partial charge < -0.3 is 18.6 Å². The van der Waals surface area contributed by atoms with E-state index in [-0.39, 0.29) is 17.9 Å². The number of aryl methyl sites for hydroxylation is 1. The maximum atomic E-state index is 13.9. The number of allylic oxidation sites excluding steroid dienone is 1. The van der Waals surface area contributed by atoms with Crippen LogP contribution in [0.3, 0.4) is 0 Å². The zero-order valence-corrected chi connectivity index (χ0v) is 25.0. The molecule has 43 heavy (non-hydrogen) atoms. The van der Waals surface area contributed by atoms with Crippen molar-refractivity contribution in [1.82, 2.24) is 4.57 Å². The number of nitro groups is 1. The third-order valence-corrected chi connectivity index (χ3v) is 7.82. The van der Waals surface area contributed by atoms with Gasteiger partial charge in [-0.15, -0.1) is 0 Å².